The number of carbonyl (C=O) groups excluding carboxylic acids is 2. The first-order valence-electron chi connectivity index (χ1n) is 8.41. The van der Waals surface area contributed by atoms with E-state index in [-0.39, 0.29) is 39.8 Å². The Labute approximate surface area is 199 Å². The molecule has 0 fully saturated rings. The van der Waals surface area contributed by atoms with Gasteiger partial charge in [-0.25, -0.2) is 0 Å². The molecule has 0 saturated carbocycles. The molecule has 0 aliphatic heterocycles. The fourth-order valence-electron chi connectivity index (χ4n) is 2.00. The minimum atomic E-state index is -0.263. The van der Waals surface area contributed by atoms with Gasteiger partial charge < -0.3 is 30.0 Å². The van der Waals surface area contributed by atoms with Crippen LogP contribution in [0.25, 0.3) is 0 Å². The summed E-state index contributed by atoms with van der Waals surface area (Å²) >= 11 is 2.71. The molecule has 0 spiro atoms. The van der Waals surface area contributed by atoms with E-state index in [2.05, 4.69) is 37.5 Å². The maximum atomic E-state index is 11.0. The first-order chi connectivity index (χ1) is 15.0. The predicted octanol–water partition coefficient (Wildman–Crippen LogP) is 1.33. The van der Waals surface area contributed by atoms with Gasteiger partial charge in [-0.05, 0) is 35.1 Å². The second kappa shape index (κ2) is 12.5. The van der Waals surface area contributed by atoms with Crippen LogP contribution in [-0.4, -0.2) is 28.1 Å². The maximum Gasteiger partial charge on any atom is 3.00 e. The molecule has 1 N–H and O–H groups in total. The van der Waals surface area contributed by atoms with Crippen molar-refractivity contribution in [2.24, 2.45) is 20.4 Å². The van der Waals surface area contributed by atoms with E-state index < -0.39 is 0 Å². The van der Waals surface area contributed by atoms with Crippen molar-refractivity contribution in [1.29, 1.82) is 0 Å². The zero-order valence-electron chi connectivity index (χ0n) is 16.0. The van der Waals surface area contributed by atoms with Gasteiger partial charge in [0.25, 0.3) is 0 Å². The molecular weight excluding hydrogens is 499 g/mol. The van der Waals surface area contributed by atoms with E-state index in [0.29, 0.717) is 21.1 Å². The number of nitrogens with zero attached hydrogens (tertiary/aromatic N) is 6. The van der Waals surface area contributed by atoms with Gasteiger partial charge in [-0.15, -0.1) is 0 Å². The summed E-state index contributed by atoms with van der Waals surface area (Å²) in [6, 6.07) is 0. The number of thiazole rings is 2. The van der Waals surface area contributed by atoms with Crippen LogP contribution in [-0.2, 0) is 31.1 Å². The second-order valence-corrected chi connectivity index (χ2v) is 7.20. The number of hydrogen-bond acceptors (Lipinski definition) is 10. The molecule has 13 heteroatoms. The normalized spacial score (nSPS) is 18.8. The first kappa shape index (κ1) is 24.9. The summed E-state index contributed by atoms with van der Waals surface area (Å²) in [7, 11) is 3.25. The van der Waals surface area contributed by atoms with Crippen LogP contribution in [0.5, 0.6) is 0 Å². The first-order valence-corrected chi connectivity index (χ1v) is 10.2. The van der Waals surface area contributed by atoms with Gasteiger partial charge in [-0.3, -0.25) is 19.8 Å². The van der Waals surface area contributed by atoms with Gasteiger partial charge in [0.2, 0.25) is 0 Å². The van der Waals surface area contributed by atoms with Crippen molar-refractivity contribution in [3.8, 4) is 0 Å². The minimum absolute atomic E-state index is 0. The van der Waals surface area contributed by atoms with Crippen molar-refractivity contribution in [1.82, 2.24) is 9.97 Å². The van der Waals surface area contributed by atoms with Crippen molar-refractivity contribution < 1.29 is 36.2 Å². The molecule has 2 heterocycles. The van der Waals surface area contributed by atoms with Gasteiger partial charge >= 0.3 is 16.8 Å². The maximum absolute atomic E-state index is 11.0. The largest absolute Gasteiger partial charge is 3.00 e. The molecule has 10 nitrogen and oxygen atoms in total. The quantitative estimate of drug-likeness (QED) is 0.374. The summed E-state index contributed by atoms with van der Waals surface area (Å²) in [5, 5.41) is 28.3. The topological polar surface area (TPSA) is 141 Å². The van der Waals surface area contributed by atoms with Crippen LogP contribution in [0.15, 0.2) is 91.5 Å². The molecule has 2 aromatic heterocycles. The SMILES string of the molecule is O=C1C=C/C(=N\N=c2/[n-]ccs2)C(O)=C1.[CH2-]OC1=CC(=O)C=C/C1=N\N=c1/[n-]ccs1.[Co+3]. The summed E-state index contributed by atoms with van der Waals surface area (Å²) in [5.41, 5.74) is 0.703. The van der Waals surface area contributed by atoms with E-state index in [1.807, 2.05) is 0 Å². The van der Waals surface area contributed by atoms with Crippen molar-refractivity contribution in [2.45, 2.75) is 0 Å². The Bertz CT molecular complexity index is 1250. The van der Waals surface area contributed by atoms with E-state index in [1.165, 1.54) is 53.1 Å². The Kier molecular flexibility index (Phi) is 9.68. The summed E-state index contributed by atoms with van der Waals surface area (Å²) in [6.07, 6.45) is 11.3. The number of allylic oxidation sites excluding steroid dienone is 6. The van der Waals surface area contributed by atoms with Gasteiger partial charge in [0.1, 0.15) is 22.9 Å². The third-order valence-electron chi connectivity index (χ3n) is 3.36. The van der Waals surface area contributed by atoms with E-state index in [9.17, 15) is 14.7 Å². The van der Waals surface area contributed by atoms with Gasteiger partial charge in [0, 0.05) is 21.8 Å². The van der Waals surface area contributed by atoms with Crippen molar-refractivity contribution in [3.63, 3.8) is 0 Å². The number of aromatic nitrogens is 2. The number of hydrogen-bond donors (Lipinski definition) is 1. The zero-order valence-corrected chi connectivity index (χ0v) is 18.7. The van der Waals surface area contributed by atoms with E-state index >= 15 is 0 Å². The molecule has 0 unspecified atom stereocenters. The van der Waals surface area contributed by atoms with Crippen LogP contribution in [0.4, 0.5) is 0 Å². The number of carbonyl (C=O) groups is 2. The molecule has 0 amide bonds. The second-order valence-electron chi connectivity index (χ2n) is 5.45. The molecule has 2 aromatic rings. The van der Waals surface area contributed by atoms with Crippen LogP contribution in [0.1, 0.15) is 0 Å². The van der Waals surface area contributed by atoms with Gasteiger partial charge in [0.05, 0.1) is 0 Å². The molecule has 4 rings (SSSR count). The van der Waals surface area contributed by atoms with Gasteiger partial charge in [-0.2, -0.15) is 29.8 Å². The molecular formula is C19H13CoN6O4S2. The Morgan fingerprint density at radius 2 is 1.34 bits per heavy atom. The Balaban J connectivity index is 0.000000220. The molecule has 0 radical (unpaired) electrons. The number of ketones is 2. The molecule has 2 aliphatic rings. The monoisotopic (exact) mass is 512 g/mol. The molecule has 2 aliphatic carbocycles. The van der Waals surface area contributed by atoms with Crippen LogP contribution in [0.2, 0.25) is 0 Å². The summed E-state index contributed by atoms with van der Waals surface area (Å²) < 4.78 is 4.78. The molecule has 32 heavy (non-hydrogen) atoms. The standard InChI is InChI=1S/C10H8N3O2S.C9H7N3O2S.Co/c1-15-9-6-7(14)2-3-8(9)12-13-10-11-4-5-16-10;13-6-1-2-7(8(14)5-6)11-12-9-10-3-4-15-9;/h2-6H,1H2,(H,11,13,14);1-5H,(H2,10,12,13,14);/q-1;;+3/p-2. The van der Waals surface area contributed by atoms with Gasteiger partial charge in [-0.1, -0.05) is 12.4 Å². The zero-order chi connectivity index (χ0) is 22.1. The summed E-state index contributed by atoms with van der Waals surface area (Å²) in [6.45, 7) is 0. The van der Waals surface area contributed by atoms with E-state index in [4.69, 9.17) is 4.74 Å². The Morgan fingerprint density at radius 1 is 0.812 bits per heavy atom. The Hall–Kier alpha value is -3.39. The molecule has 164 valence electrons. The third-order valence-corrected chi connectivity index (χ3v) is 4.67. The predicted molar refractivity (Wildman–Crippen MR) is 115 cm³/mol. The van der Waals surface area contributed by atoms with Crippen LogP contribution < -0.4 is 19.6 Å². The van der Waals surface area contributed by atoms with Crippen LogP contribution >= 0.6 is 22.7 Å². The summed E-state index contributed by atoms with van der Waals surface area (Å²) in [4.78, 5) is 30.8. The summed E-state index contributed by atoms with van der Waals surface area (Å²) in [5.74, 6) is -0.303. The van der Waals surface area contributed by atoms with Crippen molar-refractivity contribution in [2.75, 3.05) is 0 Å². The molecule has 0 bridgehead atoms. The average Bonchev–Trinajstić information content (AvgIpc) is 3.47. The van der Waals surface area contributed by atoms with E-state index in [1.54, 1.807) is 23.2 Å². The van der Waals surface area contributed by atoms with Gasteiger partial charge in [0.15, 0.2) is 11.6 Å². The molecule has 0 atom stereocenters. The fraction of sp³-hybridized carbons (Fsp3) is 0. The number of aliphatic hydroxyl groups is 1. The minimum Gasteiger partial charge on any atom is -0.664 e. The number of aliphatic hydroxyl groups excluding tert-OH is 1. The Morgan fingerprint density at radius 3 is 1.84 bits per heavy atom. The average molecular weight is 512 g/mol. The van der Waals surface area contributed by atoms with E-state index in [0.717, 1.165) is 6.08 Å². The van der Waals surface area contributed by atoms with Crippen molar-refractivity contribution >= 4 is 45.7 Å². The van der Waals surface area contributed by atoms with Crippen molar-refractivity contribution in [3.05, 3.63) is 87.8 Å². The smallest absolute Gasteiger partial charge is 0.664 e. The number of rotatable bonds is 3. The molecule has 0 aromatic carbocycles. The third kappa shape index (κ3) is 7.38. The fourth-order valence-corrected chi connectivity index (χ4v) is 2.91. The number of ether oxygens (including phenoxy) is 1. The van der Waals surface area contributed by atoms with Crippen LogP contribution in [0.3, 0.4) is 0 Å². The molecule has 0 saturated heterocycles. The van der Waals surface area contributed by atoms with Crippen LogP contribution in [0, 0.1) is 7.11 Å².